The van der Waals surface area contributed by atoms with Crippen molar-refractivity contribution in [1.82, 2.24) is 0 Å². The second-order valence-corrected chi connectivity index (χ2v) is 9.63. The summed E-state index contributed by atoms with van der Waals surface area (Å²) in [5.41, 5.74) is 12.5. The average Bonchev–Trinajstić information content (AvgIpc) is 2.85. The standard InChI is InChI=1S/C26H24N2O4S2/c1-3-25(27,33-19-13-7-5-8-14-19)31-23(29)21-17-11-12-18-22(21)24(30)32-26(28,4-2)34-20-15-9-6-10-16-20/h3-18H,1-2,27-28H2. The van der Waals surface area contributed by atoms with Crippen LogP contribution in [0, 0.1) is 0 Å². The van der Waals surface area contributed by atoms with Crippen molar-refractivity contribution in [3.05, 3.63) is 121 Å². The van der Waals surface area contributed by atoms with Gasteiger partial charge in [-0.25, -0.2) is 9.59 Å². The largest absolute Gasteiger partial charge is 0.427 e. The summed E-state index contributed by atoms with van der Waals surface area (Å²) in [5, 5.41) is -3.12. The third-order valence-corrected chi connectivity index (χ3v) is 6.64. The number of nitrogens with two attached hydrogens (primary N) is 2. The molecule has 0 heterocycles. The number of esters is 2. The molecule has 34 heavy (non-hydrogen) atoms. The molecule has 0 saturated carbocycles. The summed E-state index contributed by atoms with van der Waals surface area (Å²) in [4.78, 5) is 27.6. The van der Waals surface area contributed by atoms with E-state index in [1.165, 1.54) is 24.3 Å². The Morgan fingerprint density at radius 1 is 0.647 bits per heavy atom. The summed E-state index contributed by atoms with van der Waals surface area (Å²) in [6.07, 6.45) is 2.64. The van der Waals surface area contributed by atoms with Gasteiger partial charge in [-0.1, -0.05) is 85.2 Å². The van der Waals surface area contributed by atoms with E-state index in [0.717, 1.165) is 33.3 Å². The van der Waals surface area contributed by atoms with Crippen molar-refractivity contribution in [3.63, 3.8) is 0 Å². The average molecular weight is 493 g/mol. The molecule has 0 amide bonds. The summed E-state index contributed by atoms with van der Waals surface area (Å²) in [6.45, 7) is 7.38. The smallest absolute Gasteiger partial charge is 0.341 e. The van der Waals surface area contributed by atoms with Crippen molar-refractivity contribution in [3.8, 4) is 0 Å². The maximum Gasteiger partial charge on any atom is 0.341 e. The molecule has 3 aromatic rings. The molecule has 0 aliphatic carbocycles. The van der Waals surface area contributed by atoms with Crippen LogP contribution in [0.15, 0.2) is 120 Å². The first kappa shape index (κ1) is 25.3. The third kappa shape index (κ3) is 6.61. The molecule has 2 atom stereocenters. The Morgan fingerprint density at radius 2 is 0.971 bits per heavy atom. The Hall–Kier alpha value is -3.30. The lowest BCUT2D eigenvalue weighted by Gasteiger charge is -2.26. The second kappa shape index (κ2) is 11.2. The SMILES string of the molecule is C=CC(N)(OC(=O)c1ccccc1C(=O)OC(N)(C=C)Sc1ccccc1)Sc1ccccc1. The van der Waals surface area contributed by atoms with Crippen LogP contribution in [-0.2, 0) is 9.47 Å². The highest BCUT2D eigenvalue weighted by molar-refractivity contribution is 8.00. The maximum absolute atomic E-state index is 13.0. The Labute approximate surface area is 207 Å². The first-order chi connectivity index (χ1) is 16.3. The highest BCUT2D eigenvalue weighted by Crippen LogP contribution is 2.33. The molecule has 0 fully saturated rings. The van der Waals surface area contributed by atoms with E-state index in [1.54, 1.807) is 12.1 Å². The molecule has 3 rings (SSSR count). The van der Waals surface area contributed by atoms with Gasteiger partial charge in [0.2, 0.25) is 10.1 Å². The monoisotopic (exact) mass is 492 g/mol. The fraction of sp³-hybridized carbons (Fsp3) is 0.0769. The van der Waals surface area contributed by atoms with Crippen LogP contribution in [0.5, 0.6) is 0 Å². The number of carbonyl (C=O) groups excluding carboxylic acids is 2. The van der Waals surface area contributed by atoms with Crippen LogP contribution >= 0.6 is 23.5 Å². The van der Waals surface area contributed by atoms with Crippen LogP contribution in [0.1, 0.15) is 20.7 Å². The van der Waals surface area contributed by atoms with Gasteiger partial charge in [-0.05, 0) is 48.6 Å². The van der Waals surface area contributed by atoms with Gasteiger partial charge in [-0.2, -0.15) is 0 Å². The van der Waals surface area contributed by atoms with Gasteiger partial charge < -0.3 is 9.47 Å². The summed E-state index contributed by atoms with van der Waals surface area (Å²) < 4.78 is 11.1. The van der Waals surface area contributed by atoms with E-state index in [9.17, 15) is 9.59 Å². The highest BCUT2D eigenvalue weighted by atomic mass is 32.2. The summed E-state index contributed by atoms with van der Waals surface area (Å²) in [5.74, 6) is -1.62. The topological polar surface area (TPSA) is 105 Å². The first-order valence-electron chi connectivity index (χ1n) is 10.2. The molecule has 4 N–H and O–H groups in total. The van der Waals surface area contributed by atoms with E-state index < -0.39 is 22.1 Å². The molecular formula is C26H24N2O4S2. The predicted octanol–water partition coefficient (Wildman–Crippen LogP) is 5.18. The van der Waals surface area contributed by atoms with Gasteiger partial charge in [-0.15, -0.1) is 0 Å². The molecule has 0 radical (unpaired) electrons. The number of benzene rings is 3. The molecule has 6 nitrogen and oxygen atoms in total. The van der Waals surface area contributed by atoms with Crippen LogP contribution in [0.2, 0.25) is 0 Å². The van der Waals surface area contributed by atoms with Crippen LogP contribution in [-0.4, -0.2) is 22.1 Å². The lowest BCUT2D eigenvalue weighted by Crippen LogP contribution is -2.40. The molecule has 0 aliphatic rings. The van der Waals surface area contributed by atoms with E-state index >= 15 is 0 Å². The molecule has 0 aromatic heterocycles. The molecule has 2 unspecified atom stereocenters. The molecule has 0 saturated heterocycles. The van der Waals surface area contributed by atoms with Crippen molar-refractivity contribution in [2.45, 2.75) is 19.9 Å². The van der Waals surface area contributed by atoms with E-state index in [0.29, 0.717) is 0 Å². The number of ether oxygens (including phenoxy) is 2. The van der Waals surface area contributed by atoms with Gasteiger partial charge in [0.1, 0.15) is 0 Å². The van der Waals surface area contributed by atoms with Gasteiger partial charge in [0, 0.05) is 9.79 Å². The Kier molecular flexibility index (Phi) is 8.36. The minimum absolute atomic E-state index is 0.0195. The zero-order valence-electron chi connectivity index (χ0n) is 18.3. The van der Waals surface area contributed by atoms with Gasteiger partial charge >= 0.3 is 11.9 Å². The quantitative estimate of drug-likeness (QED) is 0.173. The Morgan fingerprint density at radius 3 is 1.29 bits per heavy atom. The minimum Gasteiger partial charge on any atom is -0.427 e. The minimum atomic E-state index is -1.56. The zero-order valence-corrected chi connectivity index (χ0v) is 19.9. The fourth-order valence-electron chi connectivity index (χ4n) is 2.79. The molecule has 0 aliphatic heterocycles. The summed E-state index contributed by atoms with van der Waals surface area (Å²) in [7, 11) is 0. The van der Waals surface area contributed by atoms with Crippen LogP contribution < -0.4 is 11.5 Å². The van der Waals surface area contributed by atoms with Crippen molar-refractivity contribution in [2.24, 2.45) is 11.5 Å². The van der Waals surface area contributed by atoms with Crippen molar-refractivity contribution in [1.29, 1.82) is 0 Å². The molecule has 3 aromatic carbocycles. The maximum atomic E-state index is 13.0. The van der Waals surface area contributed by atoms with Crippen LogP contribution in [0.25, 0.3) is 0 Å². The zero-order chi connectivity index (χ0) is 24.6. The number of carbonyl (C=O) groups is 2. The first-order valence-corrected chi connectivity index (χ1v) is 11.8. The molecule has 8 heteroatoms. The van der Waals surface area contributed by atoms with E-state index in [1.807, 2.05) is 60.7 Å². The predicted molar refractivity (Wildman–Crippen MR) is 136 cm³/mol. The number of hydrogen-bond acceptors (Lipinski definition) is 8. The van der Waals surface area contributed by atoms with E-state index in [4.69, 9.17) is 20.9 Å². The molecule has 0 bridgehead atoms. The Balaban J connectivity index is 1.80. The van der Waals surface area contributed by atoms with Gasteiger partial charge in [0.15, 0.2) is 0 Å². The molecule has 174 valence electrons. The van der Waals surface area contributed by atoms with Gasteiger partial charge in [-0.3, -0.25) is 11.5 Å². The number of rotatable bonds is 10. The van der Waals surface area contributed by atoms with Crippen LogP contribution in [0.4, 0.5) is 0 Å². The van der Waals surface area contributed by atoms with Crippen molar-refractivity contribution in [2.75, 3.05) is 0 Å². The van der Waals surface area contributed by atoms with E-state index in [2.05, 4.69) is 13.2 Å². The number of thioether (sulfide) groups is 2. The molecule has 0 spiro atoms. The number of hydrogen-bond donors (Lipinski definition) is 2. The van der Waals surface area contributed by atoms with Crippen LogP contribution in [0.3, 0.4) is 0 Å². The second-order valence-electron chi connectivity index (χ2n) is 7.01. The van der Waals surface area contributed by atoms with Crippen molar-refractivity contribution < 1.29 is 19.1 Å². The highest BCUT2D eigenvalue weighted by Gasteiger charge is 2.33. The summed E-state index contributed by atoms with van der Waals surface area (Å²) >= 11 is 2.21. The lowest BCUT2D eigenvalue weighted by atomic mass is 10.1. The molecular weight excluding hydrogens is 468 g/mol. The fourth-order valence-corrected chi connectivity index (χ4v) is 4.52. The Bertz CT molecular complexity index is 1080. The van der Waals surface area contributed by atoms with Gasteiger partial charge in [0.25, 0.3) is 0 Å². The lowest BCUT2D eigenvalue weighted by molar-refractivity contribution is 0.0285. The van der Waals surface area contributed by atoms with Gasteiger partial charge in [0.05, 0.1) is 11.1 Å². The summed E-state index contributed by atoms with van der Waals surface area (Å²) in [6, 6.07) is 24.5. The third-order valence-electron chi connectivity index (χ3n) is 4.48. The normalized spacial score (nSPS) is 14.2. The van der Waals surface area contributed by atoms with Crippen molar-refractivity contribution >= 4 is 35.5 Å². The van der Waals surface area contributed by atoms with E-state index in [-0.39, 0.29) is 11.1 Å².